The van der Waals surface area contributed by atoms with Crippen LogP contribution in [0.5, 0.6) is 0 Å². The van der Waals surface area contributed by atoms with E-state index in [1.807, 2.05) is 30.0 Å². The molecule has 1 fully saturated rings. The third-order valence-electron chi connectivity index (χ3n) is 3.98. The van der Waals surface area contributed by atoms with Crippen LogP contribution in [0.25, 0.3) is 0 Å². The summed E-state index contributed by atoms with van der Waals surface area (Å²) < 4.78 is 0. The van der Waals surface area contributed by atoms with Crippen molar-refractivity contribution in [2.45, 2.75) is 32.2 Å². The minimum atomic E-state index is 0.0875. The van der Waals surface area contributed by atoms with Gasteiger partial charge in [0.1, 0.15) is 4.88 Å². The number of carbonyl (C=O) groups is 1. The molecule has 2 aromatic rings. The van der Waals surface area contributed by atoms with Crippen LogP contribution in [0.2, 0.25) is 0 Å². The lowest BCUT2D eigenvalue weighted by atomic mass is 10.1. The fraction of sp³-hybridized carbons (Fsp3) is 0.412. The summed E-state index contributed by atoms with van der Waals surface area (Å²) in [6, 6.07) is 10.3. The molecule has 4 nitrogen and oxygen atoms in total. The van der Waals surface area contributed by atoms with Crippen LogP contribution in [0.15, 0.2) is 30.3 Å². The average molecular weight is 315 g/mol. The second kappa shape index (κ2) is 6.58. The van der Waals surface area contributed by atoms with Crippen LogP contribution >= 0.6 is 11.3 Å². The normalized spacial score (nSPS) is 18.5. The molecule has 3 rings (SSSR count). The van der Waals surface area contributed by atoms with Crippen LogP contribution in [0.3, 0.4) is 0 Å². The molecule has 22 heavy (non-hydrogen) atoms. The summed E-state index contributed by atoms with van der Waals surface area (Å²) in [7, 11) is 0. The Bertz CT molecular complexity index is 653. The van der Waals surface area contributed by atoms with Gasteiger partial charge in [-0.25, -0.2) is 4.98 Å². The van der Waals surface area contributed by atoms with Gasteiger partial charge >= 0.3 is 0 Å². The SMILES string of the molecule is Cc1nc(Cc2ccccc2)sc1C(=O)N1CCCC(N)C1. The van der Waals surface area contributed by atoms with Crippen molar-refractivity contribution in [1.82, 2.24) is 9.88 Å². The van der Waals surface area contributed by atoms with Crippen LogP contribution in [-0.2, 0) is 6.42 Å². The predicted octanol–water partition coefficient (Wildman–Crippen LogP) is 2.61. The number of piperidine rings is 1. The van der Waals surface area contributed by atoms with Crippen LogP contribution in [-0.4, -0.2) is 34.9 Å². The maximum Gasteiger partial charge on any atom is 0.265 e. The molecule has 2 heterocycles. The fourth-order valence-corrected chi connectivity index (χ4v) is 3.90. The van der Waals surface area contributed by atoms with Gasteiger partial charge in [0.25, 0.3) is 5.91 Å². The Hall–Kier alpha value is -1.72. The highest BCUT2D eigenvalue weighted by Gasteiger charge is 2.25. The highest BCUT2D eigenvalue weighted by molar-refractivity contribution is 7.13. The van der Waals surface area contributed by atoms with Gasteiger partial charge in [0.2, 0.25) is 0 Å². The molecule has 0 saturated carbocycles. The Balaban J connectivity index is 1.75. The van der Waals surface area contributed by atoms with Crippen molar-refractivity contribution < 1.29 is 4.79 Å². The highest BCUT2D eigenvalue weighted by Crippen LogP contribution is 2.23. The number of nitrogens with two attached hydrogens (primary N) is 1. The number of amides is 1. The van der Waals surface area contributed by atoms with E-state index in [0.717, 1.165) is 41.4 Å². The quantitative estimate of drug-likeness (QED) is 0.947. The number of nitrogens with zero attached hydrogens (tertiary/aromatic N) is 2. The molecular weight excluding hydrogens is 294 g/mol. The number of thiazole rings is 1. The first-order valence-electron chi connectivity index (χ1n) is 7.68. The monoisotopic (exact) mass is 315 g/mol. The lowest BCUT2D eigenvalue weighted by Gasteiger charge is -2.30. The smallest absolute Gasteiger partial charge is 0.265 e. The molecule has 0 spiro atoms. The number of carbonyl (C=O) groups excluding carboxylic acids is 1. The zero-order valence-corrected chi connectivity index (χ0v) is 13.6. The largest absolute Gasteiger partial charge is 0.336 e. The van der Waals surface area contributed by atoms with Gasteiger partial charge in [-0.15, -0.1) is 11.3 Å². The predicted molar refractivity (Wildman–Crippen MR) is 89.2 cm³/mol. The summed E-state index contributed by atoms with van der Waals surface area (Å²) in [6.07, 6.45) is 2.77. The first-order chi connectivity index (χ1) is 10.6. The van der Waals surface area contributed by atoms with Crippen molar-refractivity contribution in [3.05, 3.63) is 51.5 Å². The number of likely N-dealkylation sites (tertiary alicyclic amines) is 1. The van der Waals surface area contributed by atoms with E-state index in [4.69, 9.17) is 5.73 Å². The second-order valence-corrected chi connectivity index (χ2v) is 6.92. The van der Waals surface area contributed by atoms with Crippen LogP contribution in [0, 0.1) is 6.92 Å². The van der Waals surface area contributed by atoms with Crippen LogP contribution < -0.4 is 5.73 Å². The Labute approximate surface area is 135 Å². The van der Waals surface area contributed by atoms with Crippen LogP contribution in [0.4, 0.5) is 0 Å². The van der Waals surface area contributed by atoms with Crippen molar-refractivity contribution in [1.29, 1.82) is 0 Å². The molecule has 1 atom stereocenters. The average Bonchev–Trinajstić information content (AvgIpc) is 2.88. The molecule has 1 aromatic carbocycles. The maximum atomic E-state index is 12.7. The molecule has 1 unspecified atom stereocenters. The molecule has 116 valence electrons. The standard InChI is InChI=1S/C17H21N3OS/c1-12-16(17(21)20-9-5-8-14(18)11-20)22-15(19-12)10-13-6-3-2-4-7-13/h2-4,6-7,14H,5,8-11,18H2,1H3. The molecule has 1 aliphatic heterocycles. The van der Waals surface area contributed by atoms with Gasteiger partial charge in [-0.2, -0.15) is 0 Å². The van der Waals surface area contributed by atoms with Gasteiger partial charge < -0.3 is 10.6 Å². The summed E-state index contributed by atoms with van der Waals surface area (Å²) >= 11 is 1.51. The van der Waals surface area contributed by atoms with Gasteiger partial charge in [-0.1, -0.05) is 30.3 Å². The summed E-state index contributed by atoms with van der Waals surface area (Å²) in [5.41, 5.74) is 8.03. The molecule has 1 aromatic heterocycles. The van der Waals surface area contributed by atoms with E-state index in [1.54, 1.807) is 0 Å². The van der Waals surface area contributed by atoms with E-state index in [0.29, 0.717) is 6.54 Å². The maximum absolute atomic E-state index is 12.7. The van der Waals surface area contributed by atoms with Gasteiger partial charge in [0.15, 0.2) is 0 Å². The third-order valence-corrected chi connectivity index (χ3v) is 5.12. The van der Waals surface area contributed by atoms with Gasteiger partial charge in [0, 0.05) is 25.6 Å². The van der Waals surface area contributed by atoms with Crippen molar-refractivity contribution in [3.8, 4) is 0 Å². The molecule has 1 amide bonds. The molecule has 0 radical (unpaired) electrons. The summed E-state index contributed by atoms with van der Waals surface area (Å²) in [4.78, 5) is 19.9. The zero-order valence-electron chi connectivity index (χ0n) is 12.8. The summed E-state index contributed by atoms with van der Waals surface area (Å²) in [6.45, 7) is 3.38. The summed E-state index contributed by atoms with van der Waals surface area (Å²) in [5, 5.41) is 0.994. The highest BCUT2D eigenvalue weighted by atomic mass is 32.1. The van der Waals surface area contributed by atoms with Crippen molar-refractivity contribution >= 4 is 17.2 Å². The Kier molecular flexibility index (Phi) is 4.55. The number of benzene rings is 1. The molecule has 5 heteroatoms. The van der Waals surface area contributed by atoms with E-state index in [9.17, 15) is 4.79 Å². The fourth-order valence-electron chi connectivity index (χ4n) is 2.83. The Morgan fingerprint density at radius 3 is 2.91 bits per heavy atom. The van der Waals surface area contributed by atoms with E-state index in [1.165, 1.54) is 16.9 Å². The number of aryl methyl sites for hydroxylation is 1. The minimum Gasteiger partial charge on any atom is -0.336 e. The van der Waals surface area contributed by atoms with E-state index in [2.05, 4.69) is 17.1 Å². The van der Waals surface area contributed by atoms with Crippen molar-refractivity contribution in [2.24, 2.45) is 5.73 Å². The molecule has 0 aliphatic carbocycles. The molecule has 1 saturated heterocycles. The Morgan fingerprint density at radius 2 is 2.18 bits per heavy atom. The van der Waals surface area contributed by atoms with E-state index in [-0.39, 0.29) is 11.9 Å². The lowest BCUT2D eigenvalue weighted by molar-refractivity contribution is 0.0713. The first kappa shape index (κ1) is 15.2. The Morgan fingerprint density at radius 1 is 1.41 bits per heavy atom. The molecular formula is C17H21N3OS. The molecule has 1 aliphatic rings. The zero-order chi connectivity index (χ0) is 15.5. The van der Waals surface area contributed by atoms with Crippen LogP contribution in [0.1, 0.15) is 38.8 Å². The van der Waals surface area contributed by atoms with E-state index < -0.39 is 0 Å². The molecule has 0 bridgehead atoms. The van der Waals surface area contributed by atoms with Gasteiger partial charge in [-0.05, 0) is 25.3 Å². The third kappa shape index (κ3) is 3.36. The number of rotatable bonds is 3. The first-order valence-corrected chi connectivity index (χ1v) is 8.50. The number of aromatic nitrogens is 1. The van der Waals surface area contributed by atoms with Crippen molar-refractivity contribution in [3.63, 3.8) is 0 Å². The summed E-state index contributed by atoms with van der Waals surface area (Å²) in [5.74, 6) is 0.0875. The van der Waals surface area contributed by atoms with Gasteiger partial charge in [0.05, 0.1) is 10.7 Å². The van der Waals surface area contributed by atoms with Gasteiger partial charge in [-0.3, -0.25) is 4.79 Å². The number of hydrogen-bond donors (Lipinski definition) is 1. The topological polar surface area (TPSA) is 59.2 Å². The van der Waals surface area contributed by atoms with E-state index >= 15 is 0 Å². The minimum absolute atomic E-state index is 0.0875. The second-order valence-electron chi connectivity index (χ2n) is 5.84. The number of hydrogen-bond acceptors (Lipinski definition) is 4. The molecule has 2 N–H and O–H groups in total. The van der Waals surface area contributed by atoms with Crippen molar-refractivity contribution in [2.75, 3.05) is 13.1 Å². The lowest BCUT2D eigenvalue weighted by Crippen LogP contribution is -2.45.